The Bertz CT molecular complexity index is 847. The van der Waals surface area contributed by atoms with Crippen molar-refractivity contribution in [1.29, 1.82) is 0 Å². The Morgan fingerprint density at radius 1 is 1.19 bits per heavy atom. The number of amides is 1. The van der Waals surface area contributed by atoms with E-state index in [1.54, 1.807) is 31.2 Å². The first kappa shape index (κ1) is 18.0. The predicted molar refractivity (Wildman–Crippen MR) is 102 cm³/mol. The minimum Gasteiger partial charge on any atom is -0.481 e. The van der Waals surface area contributed by atoms with Crippen molar-refractivity contribution in [1.82, 2.24) is 15.1 Å². The molecule has 6 heteroatoms. The first-order chi connectivity index (χ1) is 12.6. The first-order valence-electron chi connectivity index (χ1n) is 8.41. The number of carbonyl (C=O) groups is 1. The maximum Gasteiger partial charge on any atom is 0.260 e. The van der Waals surface area contributed by atoms with Gasteiger partial charge in [-0.2, -0.15) is 5.10 Å². The molecule has 1 atom stereocenters. The van der Waals surface area contributed by atoms with Gasteiger partial charge in [0.15, 0.2) is 6.10 Å². The van der Waals surface area contributed by atoms with Gasteiger partial charge in [0.05, 0.1) is 11.9 Å². The number of para-hydroxylation sites is 1. The standard InChI is InChI=1S/C20H20ClN3O2/c1-15(26-19-9-7-17(21)8-10-19)20(25)22-12-11-16-13-23-24(14-16)18-5-3-2-4-6-18/h2-10,13-15H,11-12H2,1H3,(H,22,25). The molecule has 1 heterocycles. The molecule has 3 rings (SSSR count). The molecule has 134 valence electrons. The van der Waals surface area contributed by atoms with Gasteiger partial charge in [-0.25, -0.2) is 4.68 Å². The average molecular weight is 370 g/mol. The van der Waals surface area contributed by atoms with Gasteiger partial charge in [-0.1, -0.05) is 29.8 Å². The van der Waals surface area contributed by atoms with E-state index in [1.807, 2.05) is 47.4 Å². The lowest BCUT2D eigenvalue weighted by Gasteiger charge is -2.14. The van der Waals surface area contributed by atoms with Crippen molar-refractivity contribution in [2.45, 2.75) is 19.4 Å². The summed E-state index contributed by atoms with van der Waals surface area (Å²) in [6.07, 6.45) is 3.90. The molecule has 0 spiro atoms. The lowest BCUT2D eigenvalue weighted by Crippen LogP contribution is -2.37. The number of hydrogen-bond donors (Lipinski definition) is 1. The van der Waals surface area contributed by atoms with Gasteiger partial charge in [0.1, 0.15) is 5.75 Å². The molecule has 0 fully saturated rings. The van der Waals surface area contributed by atoms with Gasteiger partial charge in [0.25, 0.3) is 5.91 Å². The second-order valence-electron chi connectivity index (χ2n) is 5.88. The van der Waals surface area contributed by atoms with Crippen LogP contribution < -0.4 is 10.1 Å². The number of nitrogens with one attached hydrogen (secondary N) is 1. The second kappa shape index (κ2) is 8.54. The fraction of sp³-hybridized carbons (Fsp3) is 0.200. The molecule has 26 heavy (non-hydrogen) atoms. The topological polar surface area (TPSA) is 56.1 Å². The van der Waals surface area contributed by atoms with Crippen molar-refractivity contribution in [3.63, 3.8) is 0 Å². The molecule has 0 saturated heterocycles. The van der Waals surface area contributed by atoms with Crippen LogP contribution in [0.3, 0.4) is 0 Å². The molecular weight excluding hydrogens is 350 g/mol. The van der Waals surface area contributed by atoms with Crippen LogP contribution >= 0.6 is 11.6 Å². The van der Waals surface area contributed by atoms with Crippen LogP contribution in [0.4, 0.5) is 0 Å². The summed E-state index contributed by atoms with van der Waals surface area (Å²) in [5.74, 6) is 0.455. The smallest absolute Gasteiger partial charge is 0.260 e. The molecule has 0 saturated carbocycles. The summed E-state index contributed by atoms with van der Waals surface area (Å²) in [4.78, 5) is 12.1. The van der Waals surface area contributed by atoms with E-state index in [0.29, 0.717) is 23.7 Å². The Hall–Kier alpha value is -2.79. The molecule has 0 aliphatic carbocycles. The third kappa shape index (κ3) is 4.86. The molecule has 1 N–H and O–H groups in total. The Labute approximate surface area is 157 Å². The summed E-state index contributed by atoms with van der Waals surface area (Å²) in [7, 11) is 0. The summed E-state index contributed by atoms with van der Waals surface area (Å²) in [6, 6.07) is 16.8. The SMILES string of the molecule is CC(Oc1ccc(Cl)cc1)C(=O)NCCc1cnn(-c2ccccc2)c1. The second-order valence-corrected chi connectivity index (χ2v) is 6.32. The fourth-order valence-electron chi connectivity index (χ4n) is 2.46. The molecule has 1 aromatic heterocycles. The quantitative estimate of drug-likeness (QED) is 0.691. The molecule has 0 radical (unpaired) electrons. The summed E-state index contributed by atoms with van der Waals surface area (Å²) in [6.45, 7) is 2.24. The third-order valence-corrected chi connectivity index (χ3v) is 4.12. The van der Waals surface area contributed by atoms with E-state index in [-0.39, 0.29) is 5.91 Å². The van der Waals surface area contributed by atoms with E-state index in [1.165, 1.54) is 0 Å². The zero-order valence-electron chi connectivity index (χ0n) is 14.4. The minimum absolute atomic E-state index is 0.157. The van der Waals surface area contributed by atoms with Crippen molar-refractivity contribution in [2.24, 2.45) is 0 Å². The number of aromatic nitrogens is 2. The van der Waals surface area contributed by atoms with Gasteiger partial charge in [-0.15, -0.1) is 0 Å². The summed E-state index contributed by atoms with van der Waals surface area (Å²) < 4.78 is 7.43. The van der Waals surface area contributed by atoms with Crippen LogP contribution in [-0.4, -0.2) is 28.3 Å². The molecule has 0 aliphatic rings. The highest BCUT2D eigenvalue weighted by Crippen LogP contribution is 2.16. The Balaban J connectivity index is 1.46. The molecule has 5 nitrogen and oxygen atoms in total. The van der Waals surface area contributed by atoms with Crippen molar-refractivity contribution in [3.05, 3.63) is 77.6 Å². The monoisotopic (exact) mass is 369 g/mol. The average Bonchev–Trinajstić information content (AvgIpc) is 3.13. The fourth-order valence-corrected chi connectivity index (χ4v) is 2.58. The van der Waals surface area contributed by atoms with Crippen molar-refractivity contribution >= 4 is 17.5 Å². The zero-order valence-corrected chi connectivity index (χ0v) is 15.2. The van der Waals surface area contributed by atoms with Crippen LogP contribution in [0.15, 0.2) is 67.0 Å². The van der Waals surface area contributed by atoms with Crippen LogP contribution in [-0.2, 0) is 11.2 Å². The summed E-state index contributed by atoms with van der Waals surface area (Å²) in [5, 5.41) is 7.87. The number of benzene rings is 2. The Kier molecular flexibility index (Phi) is 5.92. The van der Waals surface area contributed by atoms with Crippen LogP contribution in [0.5, 0.6) is 5.75 Å². The van der Waals surface area contributed by atoms with Crippen molar-refractivity contribution in [3.8, 4) is 11.4 Å². The molecule has 0 aliphatic heterocycles. The molecular formula is C20H20ClN3O2. The number of rotatable bonds is 7. The minimum atomic E-state index is -0.580. The Morgan fingerprint density at radius 3 is 2.65 bits per heavy atom. The largest absolute Gasteiger partial charge is 0.481 e. The van der Waals surface area contributed by atoms with Gasteiger partial charge < -0.3 is 10.1 Å². The highest BCUT2D eigenvalue weighted by Gasteiger charge is 2.14. The van der Waals surface area contributed by atoms with Crippen LogP contribution in [0.1, 0.15) is 12.5 Å². The van der Waals surface area contributed by atoms with Gasteiger partial charge in [0.2, 0.25) is 0 Å². The molecule has 1 amide bonds. The van der Waals surface area contributed by atoms with Crippen molar-refractivity contribution < 1.29 is 9.53 Å². The van der Waals surface area contributed by atoms with Gasteiger partial charge >= 0.3 is 0 Å². The van der Waals surface area contributed by atoms with E-state index >= 15 is 0 Å². The predicted octanol–water partition coefficient (Wildman–Crippen LogP) is 3.65. The number of halogens is 1. The zero-order chi connectivity index (χ0) is 18.4. The van der Waals surface area contributed by atoms with Crippen LogP contribution in [0.25, 0.3) is 5.69 Å². The van der Waals surface area contributed by atoms with Crippen LogP contribution in [0.2, 0.25) is 5.02 Å². The summed E-state index contributed by atoms with van der Waals surface area (Å²) in [5.41, 5.74) is 2.06. The molecule has 3 aromatic rings. The molecule has 0 bridgehead atoms. The maximum absolute atomic E-state index is 12.1. The lowest BCUT2D eigenvalue weighted by atomic mass is 10.2. The third-order valence-electron chi connectivity index (χ3n) is 3.87. The molecule has 1 unspecified atom stereocenters. The normalized spacial score (nSPS) is 11.8. The number of nitrogens with zero attached hydrogens (tertiary/aromatic N) is 2. The van der Waals surface area contributed by atoms with Gasteiger partial charge in [-0.3, -0.25) is 4.79 Å². The highest BCUT2D eigenvalue weighted by atomic mass is 35.5. The van der Waals surface area contributed by atoms with E-state index in [9.17, 15) is 4.79 Å². The van der Waals surface area contributed by atoms with Crippen molar-refractivity contribution in [2.75, 3.05) is 6.54 Å². The van der Waals surface area contributed by atoms with E-state index in [4.69, 9.17) is 16.3 Å². The first-order valence-corrected chi connectivity index (χ1v) is 8.78. The van der Waals surface area contributed by atoms with Gasteiger partial charge in [-0.05, 0) is 55.3 Å². The van der Waals surface area contributed by atoms with E-state index < -0.39 is 6.10 Å². The highest BCUT2D eigenvalue weighted by molar-refractivity contribution is 6.30. The van der Waals surface area contributed by atoms with E-state index in [2.05, 4.69) is 10.4 Å². The number of ether oxygens (including phenoxy) is 1. The maximum atomic E-state index is 12.1. The lowest BCUT2D eigenvalue weighted by molar-refractivity contribution is -0.127. The van der Waals surface area contributed by atoms with E-state index in [0.717, 1.165) is 11.3 Å². The number of hydrogen-bond acceptors (Lipinski definition) is 3. The molecule has 2 aromatic carbocycles. The number of carbonyl (C=O) groups excluding carboxylic acids is 1. The van der Waals surface area contributed by atoms with Gasteiger partial charge in [0, 0.05) is 17.8 Å². The Morgan fingerprint density at radius 2 is 1.92 bits per heavy atom. The van der Waals surface area contributed by atoms with Crippen LogP contribution in [0, 0.1) is 0 Å². The summed E-state index contributed by atoms with van der Waals surface area (Å²) >= 11 is 5.84.